The zero-order valence-corrected chi connectivity index (χ0v) is 10.6. The topological polar surface area (TPSA) is 12.0 Å². The predicted molar refractivity (Wildman–Crippen MR) is 67.6 cm³/mol. The van der Waals surface area contributed by atoms with Crippen molar-refractivity contribution in [2.24, 2.45) is 0 Å². The lowest BCUT2D eigenvalue weighted by atomic mass is 9.96. The molecule has 1 N–H and O–H groups in total. The SMILES string of the molecule is Cc1ccsc1CCC1CCCC(C)N1. The van der Waals surface area contributed by atoms with E-state index in [0.717, 1.165) is 12.1 Å². The van der Waals surface area contributed by atoms with Crippen molar-refractivity contribution in [1.82, 2.24) is 5.32 Å². The van der Waals surface area contributed by atoms with Crippen molar-refractivity contribution in [2.45, 2.75) is 58.0 Å². The average molecular weight is 223 g/mol. The van der Waals surface area contributed by atoms with Crippen LogP contribution < -0.4 is 5.32 Å². The first-order chi connectivity index (χ1) is 7.25. The zero-order valence-electron chi connectivity index (χ0n) is 9.75. The van der Waals surface area contributed by atoms with E-state index in [1.165, 1.54) is 37.7 Å². The molecular formula is C13H21NS. The molecule has 0 bridgehead atoms. The second-order valence-corrected chi connectivity index (χ2v) is 5.76. The van der Waals surface area contributed by atoms with E-state index in [1.807, 2.05) is 11.3 Å². The quantitative estimate of drug-likeness (QED) is 0.826. The van der Waals surface area contributed by atoms with Crippen molar-refractivity contribution >= 4 is 11.3 Å². The lowest BCUT2D eigenvalue weighted by molar-refractivity contribution is 0.322. The normalized spacial score (nSPS) is 26.8. The van der Waals surface area contributed by atoms with Gasteiger partial charge < -0.3 is 5.32 Å². The molecule has 1 aromatic heterocycles. The van der Waals surface area contributed by atoms with E-state index in [1.54, 1.807) is 4.88 Å². The number of nitrogens with one attached hydrogen (secondary N) is 1. The van der Waals surface area contributed by atoms with E-state index in [-0.39, 0.29) is 0 Å². The molecule has 84 valence electrons. The predicted octanol–water partition coefficient (Wildman–Crippen LogP) is 3.52. The molecular weight excluding hydrogens is 202 g/mol. The number of hydrogen-bond acceptors (Lipinski definition) is 2. The summed E-state index contributed by atoms with van der Waals surface area (Å²) in [6, 6.07) is 3.72. The largest absolute Gasteiger partial charge is 0.311 e. The van der Waals surface area contributed by atoms with Crippen molar-refractivity contribution in [3.8, 4) is 0 Å². The van der Waals surface area contributed by atoms with Gasteiger partial charge in [-0.15, -0.1) is 11.3 Å². The third-order valence-electron chi connectivity index (χ3n) is 3.40. The molecule has 15 heavy (non-hydrogen) atoms. The van der Waals surface area contributed by atoms with Crippen molar-refractivity contribution < 1.29 is 0 Å². The number of rotatable bonds is 3. The average Bonchev–Trinajstić information content (AvgIpc) is 2.61. The van der Waals surface area contributed by atoms with Gasteiger partial charge in [0, 0.05) is 17.0 Å². The lowest BCUT2D eigenvalue weighted by Gasteiger charge is -2.28. The van der Waals surface area contributed by atoms with Crippen LogP contribution in [0.1, 0.15) is 43.0 Å². The summed E-state index contributed by atoms with van der Waals surface area (Å²) in [6.07, 6.45) is 6.70. The van der Waals surface area contributed by atoms with E-state index in [0.29, 0.717) is 0 Å². The smallest absolute Gasteiger partial charge is 0.00749 e. The van der Waals surface area contributed by atoms with E-state index >= 15 is 0 Å². The fourth-order valence-electron chi connectivity index (χ4n) is 2.43. The summed E-state index contributed by atoms with van der Waals surface area (Å²) in [7, 11) is 0. The summed E-state index contributed by atoms with van der Waals surface area (Å²) in [5, 5.41) is 5.91. The zero-order chi connectivity index (χ0) is 10.7. The maximum absolute atomic E-state index is 3.70. The maximum Gasteiger partial charge on any atom is 0.00749 e. The summed E-state index contributed by atoms with van der Waals surface area (Å²) in [4.78, 5) is 1.58. The van der Waals surface area contributed by atoms with Gasteiger partial charge in [-0.05, 0) is 56.5 Å². The highest BCUT2D eigenvalue weighted by atomic mass is 32.1. The number of hydrogen-bond donors (Lipinski definition) is 1. The molecule has 1 aromatic rings. The molecule has 1 nitrogen and oxygen atoms in total. The van der Waals surface area contributed by atoms with Crippen LogP contribution in [0.3, 0.4) is 0 Å². The van der Waals surface area contributed by atoms with Gasteiger partial charge in [0.05, 0.1) is 0 Å². The Morgan fingerprint density at radius 1 is 1.47 bits per heavy atom. The molecule has 1 aliphatic heterocycles. The Balaban J connectivity index is 1.80. The summed E-state index contributed by atoms with van der Waals surface area (Å²) >= 11 is 1.91. The molecule has 2 rings (SSSR count). The molecule has 2 heterocycles. The highest BCUT2D eigenvalue weighted by Gasteiger charge is 2.17. The van der Waals surface area contributed by atoms with Gasteiger partial charge in [0.25, 0.3) is 0 Å². The van der Waals surface area contributed by atoms with Gasteiger partial charge in [0.2, 0.25) is 0 Å². The molecule has 0 aliphatic carbocycles. The Morgan fingerprint density at radius 2 is 2.33 bits per heavy atom. The van der Waals surface area contributed by atoms with Crippen LogP contribution in [0.2, 0.25) is 0 Å². The van der Waals surface area contributed by atoms with Crippen LogP contribution >= 0.6 is 11.3 Å². The second kappa shape index (κ2) is 5.13. The Hall–Kier alpha value is -0.340. The monoisotopic (exact) mass is 223 g/mol. The Labute approximate surface area is 96.9 Å². The molecule has 0 spiro atoms. The Kier molecular flexibility index (Phi) is 3.81. The molecule has 2 heteroatoms. The fraction of sp³-hybridized carbons (Fsp3) is 0.692. The first-order valence-corrected chi connectivity index (χ1v) is 6.92. The number of thiophene rings is 1. The van der Waals surface area contributed by atoms with Crippen molar-refractivity contribution in [2.75, 3.05) is 0 Å². The van der Waals surface area contributed by atoms with Crippen molar-refractivity contribution in [3.63, 3.8) is 0 Å². The highest BCUT2D eigenvalue weighted by molar-refractivity contribution is 7.10. The van der Waals surface area contributed by atoms with Gasteiger partial charge in [-0.2, -0.15) is 0 Å². The van der Waals surface area contributed by atoms with E-state index in [9.17, 15) is 0 Å². The lowest BCUT2D eigenvalue weighted by Crippen LogP contribution is -2.40. The molecule has 1 aliphatic rings. The van der Waals surface area contributed by atoms with E-state index in [4.69, 9.17) is 0 Å². The molecule has 1 saturated heterocycles. The van der Waals surface area contributed by atoms with Crippen LogP contribution in [0.25, 0.3) is 0 Å². The molecule has 2 atom stereocenters. The number of aryl methyl sites for hydroxylation is 2. The van der Waals surface area contributed by atoms with Crippen LogP contribution in [0.4, 0.5) is 0 Å². The third-order valence-corrected chi connectivity index (χ3v) is 4.48. The summed E-state index contributed by atoms with van der Waals surface area (Å²) < 4.78 is 0. The fourth-order valence-corrected chi connectivity index (χ4v) is 3.36. The Morgan fingerprint density at radius 3 is 3.00 bits per heavy atom. The van der Waals surface area contributed by atoms with Gasteiger partial charge in [-0.25, -0.2) is 0 Å². The van der Waals surface area contributed by atoms with Crippen LogP contribution in [0.15, 0.2) is 11.4 Å². The molecule has 0 saturated carbocycles. The first-order valence-electron chi connectivity index (χ1n) is 6.04. The second-order valence-electron chi connectivity index (χ2n) is 4.76. The van der Waals surface area contributed by atoms with Crippen LogP contribution in [0, 0.1) is 6.92 Å². The van der Waals surface area contributed by atoms with Crippen LogP contribution in [-0.4, -0.2) is 12.1 Å². The van der Waals surface area contributed by atoms with Crippen molar-refractivity contribution in [1.29, 1.82) is 0 Å². The molecule has 0 radical (unpaired) electrons. The van der Waals surface area contributed by atoms with Crippen LogP contribution in [-0.2, 0) is 6.42 Å². The minimum Gasteiger partial charge on any atom is -0.311 e. The number of piperidine rings is 1. The van der Waals surface area contributed by atoms with Crippen molar-refractivity contribution in [3.05, 3.63) is 21.9 Å². The van der Waals surface area contributed by atoms with Gasteiger partial charge in [-0.1, -0.05) is 6.42 Å². The summed E-state index contributed by atoms with van der Waals surface area (Å²) in [6.45, 7) is 4.53. The molecule has 1 fully saturated rings. The minimum atomic E-state index is 0.730. The molecule has 0 amide bonds. The first kappa shape index (κ1) is 11.2. The summed E-state index contributed by atoms with van der Waals surface area (Å²) in [5.41, 5.74) is 1.48. The minimum absolute atomic E-state index is 0.730. The Bertz CT molecular complexity index is 305. The van der Waals surface area contributed by atoms with E-state index < -0.39 is 0 Å². The standard InChI is InChI=1S/C13H21NS/c1-10-8-9-15-13(10)7-6-12-5-3-4-11(2)14-12/h8-9,11-12,14H,3-7H2,1-2H3. The van der Waals surface area contributed by atoms with Gasteiger partial charge in [0.1, 0.15) is 0 Å². The maximum atomic E-state index is 3.70. The van der Waals surface area contributed by atoms with Gasteiger partial charge >= 0.3 is 0 Å². The van der Waals surface area contributed by atoms with Gasteiger partial charge in [-0.3, -0.25) is 0 Å². The van der Waals surface area contributed by atoms with E-state index in [2.05, 4.69) is 30.6 Å². The van der Waals surface area contributed by atoms with Gasteiger partial charge in [0.15, 0.2) is 0 Å². The third kappa shape index (κ3) is 3.05. The van der Waals surface area contributed by atoms with Crippen LogP contribution in [0.5, 0.6) is 0 Å². The molecule has 2 unspecified atom stereocenters. The highest BCUT2D eigenvalue weighted by Crippen LogP contribution is 2.21. The summed E-state index contributed by atoms with van der Waals surface area (Å²) in [5.74, 6) is 0. The molecule has 0 aromatic carbocycles.